The first-order valence-corrected chi connectivity index (χ1v) is 7.78. The van der Waals surface area contributed by atoms with Crippen molar-refractivity contribution in [3.8, 4) is 5.75 Å². The Kier molecular flexibility index (Phi) is 6.17. The zero-order valence-electron chi connectivity index (χ0n) is 13.5. The van der Waals surface area contributed by atoms with Gasteiger partial charge in [-0.25, -0.2) is 0 Å². The molecule has 0 saturated carbocycles. The maximum absolute atomic E-state index is 10.9. The standard InChI is InChI=1S/C18H20N2O3.ClH/c1-19-11-10-18(17(13-19)14-6-3-2-4-7-14)23-16-9-5-8-15(12-16)20(21)22;/h2-9,12,17-18H,10-11,13H2,1H3;1H/t17-,18-;/m0./s1. The SMILES string of the molecule is CN1CC[C@H](Oc2cccc([N+](=O)[O-])c2)[C@H](c2ccccc2)C1.Cl. The Morgan fingerprint density at radius 3 is 2.62 bits per heavy atom. The molecule has 24 heavy (non-hydrogen) atoms. The second kappa shape index (κ2) is 8.13. The maximum Gasteiger partial charge on any atom is 0.273 e. The first-order chi connectivity index (χ1) is 11.1. The average molecular weight is 349 g/mol. The number of halogens is 1. The number of hydrogen-bond donors (Lipinski definition) is 0. The number of benzene rings is 2. The van der Waals surface area contributed by atoms with E-state index in [0.717, 1.165) is 19.5 Å². The lowest BCUT2D eigenvalue weighted by molar-refractivity contribution is -0.385. The van der Waals surface area contributed by atoms with E-state index in [1.165, 1.54) is 17.7 Å². The largest absolute Gasteiger partial charge is 0.489 e. The number of nitro benzene ring substituents is 1. The van der Waals surface area contributed by atoms with Gasteiger partial charge in [-0.3, -0.25) is 10.1 Å². The van der Waals surface area contributed by atoms with Crippen molar-refractivity contribution in [2.24, 2.45) is 0 Å². The minimum Gasteiger partial charge on any atom is -0.489 e. The van der Waals surface area contributed by atoms with Crippen molar-refractivity contribution >= 4 is 18.1 Å². The molecular weight excluding hydrogens is 328 g/mol. The van der Waals surface area contributed by atoms with Crippen molar-refractivity contribution < 1.29 is 9.66 Å². The highest BCUT2D eigenvalue weighted by Gasteiger charge is 2.30. The summed E-state index contributed by atoms with van der Waals surface area (Å²) in [6.07, 6.45) is 0.925. The summed E-state index contributed by atoms with van der Waals surface area (Å²) in [5.41, 5.74) is 1.31. The molecule has 0 unspecified atom stereocenters. The van der Waals surface area contributed by atoms with E-state index in [4.69, 9.17) is 4.74 Å². The molecule has 1 heterocycles. The Hall–Kier alpha value is -2.11. The second-order valence-electron chi connectivity index (χ2n) is 5.98. The molecule has 0 spiro atoms. The molecule has 5 nitrogen and oxygen atoms in total. The van der Waals surface area contributed by atoms with E-state index >= 15 is 0 Å². The molecule has 3 rings (SSSR count). The molecule has 0 aromatic heterocycles. The zero-order valence-corrected chi connectivity index (χ0v) is 14.3. The highest BCUT2D eigenvalue weighted by molar-refractivity contribution is 5.85. The fourth-order valence-electron chi connectivity index (χ4n) is 3.10. The number of ether oxygens (including phenoxy) is 1. The van der Waals surface area contributed by atoms with Crippen LogP contribution >= 0.6 is 12.4 Å². The maximum atomic E-state index is 10.9. The topological polar surface area (TPSA) is 55.6 Å². The fraction of sp³-hybridized carbons (Fsp3) is 0.333. The number of piperidine rings is 1. The van der Waals surface area contributed by atoms with Crippen LogP contribution in [-0.4, -0.2) is 36.1 Å². The van der Waals surface area contributed by atoms with Gasteiger partial charge in [-0.2, -0.15) is 0 Å². The average Bonchev–Trinajstić information content (AvgIpc) is 2.57. The van der Waals surface area contributed by atoms with Crippen LogP contribution in [0.1, 0.15) is 17.9 Å². The summed E-state index contributed by atoms with van der Waals surface area (Å²) >= 11 is 0. The van der Waals surface area contributed by atoms with Gasteiger partial charge in [-0.15, -0.1) is 12.4 Å². The van der Waals surface area contributed by atoms with Crippen molar-refractivity contribution in [3.05, 3.63) is 70.3 Å². The minimum absolute atomic E-state index is 0. The van der Waals surface area contributed by atoms with Crippen LogP contribution < -0.4 is 4.74 Å². The molecular formula is C18H21ClN2O3. The summed E-state index contributed by atoms with van der Waals surface area (Å²) in [4.78, 5) is 12.8. The third-order valence-electron chi connectivity index (χ3n) is 4.30. The molecule has 0 aliphatic carbocycles. The molecule has 0 N–H and O–H groups in total. The lowest BCUT2D eigenvalue weighted by Crippen LogP contribution is -2.42. The van der Waals surface area contributed by atoms with Gasteiger partial charge < -0.3 is 9.64 Å². The van der Waals surface area contributed by atoms with Gasteiger partial charge in [0, 0.05) is 25.1 Å². The van der Waals surface area contributed by atoms with Crippen LogP contribution in [0, 0.1) is 10.1 Å². The lowest BCUT2D eigenvalue weighted by Gasteiger charge is -2.37. The van der Waals surface area contributed by atoms with Crippen LogP contribution in [0.15, 0.2) is 54.6 Å². The first kappa shape index (κ1) is 18.2. The zero-order chi connectivity index (χ0) is 16.2. The quantitative estimate of drug-likeness (QED) is 0.621. The molecule has 1 fully saturated rings. The Morgan fingerprint density at radius 2 is 1.92 bits per heavy atom. The molecule has 6 heteroatoms. The second-order valence-corrected chi connectivity index (χ2v) is 5.98. The minimum atomic E-state index is -0.393. The summed E-state index contributed by atoms with van der Waals surface area (Å²) in [5.74, 6) is 0.823. The van der Waals surface area contributed by atoms with Gasteiger partial charge in [0.15, 0.2) is 0 Å². The third kappa shape index (κ3) is 4.24. The van der Waals surface area contributed by atoms with E-state index in [9.17, 15) is 10.1 Å². The van der Waals surface area contributed by atoms with Gasteiger partial charge in [0.25, 0.3) is 5.69 Å². The molecule has 2 aromatic rings. The van der Waals surface area contributed by atoms with E-state index in [2.05, 4.69) is 24.1 Å². The Balaban J connectivity index is 0.00000208. The van der Waals surface area contributed by atoms with Gasteiger partial charge in [0.2, 0.25) is 0 Å². The molecule has 0 radical (unpaired) electrons. The van der Waals surface area contributed by atoms with Crippen LogP contribution in [0.5, 0.6) is 5.75 Å². The molecule has 2 atom stereocenters. The smallest absolute Gasteiger partial charge is 0.273 e. The monoisotopic (exact) mass is 348 g/mol. The first-order valence-electron chi connectivity index (χ1n) is 7.78. The molecule has 0 bridgehead atoms. The highest BCUT2D eigenvalue weighted by Crippen LogP contribution is 2.31. The van der Waals surface area contributed by atoms with Gasteiger partial charge in [-0.05, 0) is 25.1 Å². The number of nitro groups is 1. The normalized spacial score (nSPS) is 20.9. The van der Waals surface area contributed by atoms with Crippen molar-refractivity contribution in [2.75, 3.05) is 20.1 Å². The van der Waals surface area contributed by atoms with E-state index in [1.807, 2.05) is 18.2 Å². The van der Waals surface area contributed by atoms with Crippen LogP contribution in [0.3, 0.4) is 0 Å². The van der Waals surface area contributed by atoms with Crippen molar-refractivity contribution in [2.45, 2.75) is 18.4 Å². The Labute approximate surface area is 147 Å². The lowest BCUT2D eigenvalue weighted by atomic mass is 9.88. The highest BCUT2D eigenvalue weighted by atomic mass is 35.5. The Bertz CT molecular complexity index is 681. The summed E-state index contributed by atoms with van der Waals surface area (Å²) in [7, 11) is 2.11. The Morgan fingerprint density at radius 1 is 1.17 bits per heavy atom. The van der Waals surface area contributed by atoms with E-state index < -0.39 is 4.92 Å². The summed E-state index contributed by atoms with van der Waals surface area (Å²) in [6.45, 7) is 1.88. The van der Waals surface area contributed by atoms with Gasteiger partial charge in [-0.1, -0.05) is 36.4 Å². The van der Waals surface area contributed by atoms with Crippen molar-refractivity contribution in [1.82, 2.24) is 4.90 Å². The molecule has 1 saturated heterocycles. The molecule has 1 aliphatic heterocycles. The number of hydrogen-bond acceptors (Lipinski definition) is 4. The van der Waals surface area contributed by atoms with E-state index in [-0.39, 0.29) is 30.1 Å². The van der Waals surface area contributed by atoms with Crippen molar-refractivity contribution in [1.29, 1.82) is 0 Å². The number of rotatable bonds is 4. The number of likely N-dealkylation sites (tertiary alicyclic amines) is 1. The number of non-ortho nitro benzene ring substituents is 1. The van der Waals surface area contributed by atoms with Crippen LogP contribution in [0.2, 0.25) is 0 Å². The van der Waals surface area contributed by atoms with Crippen molar-refractivity contribution in [3.63, 3.8) is 0 Å². The summed E-state index contributed by atoms with van der Waals surface area (Å²) in [6, 6.07) is 16.8. The van der Waals surface area contributed by atoms with E-state index in [1.54, 1.807) is 12.1 Å². The molecule has 1 aliphatic rings. The molecule has 128 valence electrons. The predicted octanol–water partition coefficient (Wildman–Crippen LogP) is 3.88. The van der Waals surface area contributed by atoms with Crippen LogP contribution in [0.25, 0.3) is 0 Å². The van der Waals surface area contributed by atoms with Gasteiger partial charge in [0.1, 0.15) is 11.9 Å². The fourth-order valence-corrected chi connectivity index (χ4v) is 3.10. The number of nitrogens with zero attached hydrogens (tertiary/aromatic N) is 2. The molecule has 0 amide bonds. The van der Waals surface area contributed by atoms with Gasteiger partial charge >= 0.3 is 0 Å². The third-order valence-corrected chi connectivity index (χ3v) is 4.30. The number of likely N-dealkylation sites (N-methyl/N-ethyl adjacent to an activating group) is 1. The predicted molar refractivity (Wildman–Crippen MR) is 96.1 cm³/mol. The molecule has 2 aromatic carbocycles. The van der Waals surface area contributed by atoms with Crippen LogP contribution in [-0.2, 0) is 0 Å². The summed E-state index contributed by atoms with van der Waals surface area (Å²) < 4.78 is 6.13. The van der Waals surface area contributed by atoms with Crippen LogP contribution in [0.4, 0.5) is 5.69 Å². The summed E-state index contributed by atoms with van der Waals surface area (Å²) in [5, 5.41) is 10.9. The van der Waals surface area contributed by atoms with Gasteiger partial charge in [0.05, 0.1) is 11.0 Å². The van der Waals surface area contributed by atoms with E-state index in [0.29, 0.717) is 5.75 Å².